The number of likely N-dealkylation sites (tertiary alicyclic amines) is 1. The van der Waals surface area contributed by atoms with E-state index in [0.717, 1.165) is 5.56 Å². The Labute approximate surface area is 181 Å². The third kappa shape index (κ3) is 4.65. The lowest BCUT2D eigenvalue weighted by molar-refractivity contribution is -0.128. The molecule has 0 bridgehead atoms. The first-order valence-corrected chi connectivity index (χ1v) is 11.6. The molecule has 2 aromatic rings. The van der Waals surface area contributed by atoms with Crippen LogP contribution in [0.5, 0.6) is 0 Å². The van der Waals surface area contributed by atoms with E-state index in [1.165, 1.54) is 10.4 Å². The molecule has 3 heterocycles. The molecule has 31 heavy (non-hydrogen) atoms. The Morgan fingerprint density at radius 3 is 2.71 bits per heavy atom. The van der Waals surface area contributed by atoms with E-state index in [-0.39, 0.29) is 29.7 Å². The highest BCUT2D eigenvalue weighted by atomic mass is 32.2. The van der Waals surface area contributed by atoms with Crippen molar-refractivity contribution in [2.24, 2.45) is 5.92 Å². The van der Waals surface area contributed by atoms with Crippen LogP contribution in [0.4, 0.5) is 5.69 Å². The molecule has 166 valence electrons. The maximum Gasteiger partial charge on any atom is 0.243 e. The molecule has 2 amide bonds. The lowest BCUT2D eigenvalue weighted by Crippen LogP contribution is -2.40. The van der Waals surface area contributed by atoms with Gasteiger partial charge in [0.05, 0.1) is 36.8 Å². The Morgan fingerprint density at radius 1 is 1.23 bits per heavy atom. The minimum Gasteiger partial charge on any atom is -0.467 e. The van der Waals surface area contributed by atoms with Crippen molar-refractivity contribution < 1.29 is 27.2 Å². The van der Waals surface area contributed by atoms with Gasteiger partial charge in [-0.05, 0) is 36.8 Å². The number of rotatable bonds is 6. The molecule has 1 N–H and O–H groups in total. The summed E-state index contributed by atoms with van der Waals surface area (Å²) >= 11 is 0. The van der Waals surface area contributed by atoms with Crippen molar-refractivity contribution in [1.29, 1.82) is 0 Å². The third-order valence-corrected chi connectivity index (χ3v) is 7.48. The topological polar surface area (TPSA) is 109 Å². The van der Waals surface area contributed by atoms with Crippen LogP contribution in [0.15, 0.2) is 45.9 Å². The van der Waals surface area contributed by atoms with Gasteiger partial charge in [0, 0.05) is 31.7 Å². The number of nitrogens with one attached hydrogen (secondary N) is 1. The SMILES string of the molecule is Cc1ccc(S(=O)(=O)N2CCOCC2)cc1NC(=O)C1CC(=O)N(Cc2ccco2)C1. The molecule has 2 fully saturated rings. The summed E-state index contributed by atoms with van der Waals surface area (Å²) in [6.45, 7) is 3.72. The second kappa shape index (κ2) is 8.81. The summed E-state index contributed by atoms with van der Waals surface area (Å²) in [4.78, 5) is 26.9. The van der Waals surface area contributed by atoms with Crippen molar-refractivity contribution in [2.45, 2.75) is 24.8 Å². The smallest absolute Gasteiger partial charge is 0.243 e. The number of morpholine rings is 1. The number of ether oxygens (including phenoxy) is 1. The van der Waals surface area contributed by atoms with Gasteiger partial charge in [0.25, 0.3) is 0 Å². The Balaban J connectivity index is 1.46. The van der Waals surface area contributed by atoms with Gasteiger partial charge in [0.2, 0.25) is 21.8 Å². The molecule has 2 aliphatic heterocycles. The summed E-state index contributed by atoms with van der Waals surface area (Å²) in [5, 5.41) is 2.82. The van der Waals surface area contributed by atoms with Crippen LogP contribution in [-0.4, -0.2) is 62.3 Å². The van der Waals surface area contributed by atoms with E-state index in [0.29, 0.717) is 44.3 Å². The normalized spacial score (nSPS) is 20.2. The standard InChI is InChI=1S/C21H25N3O6S/c1-15-4-5-18(31(27,28)24-6-9-29-10-7-24)12-19(15)22-21(26)16-11-20(25)23(13-16)14-17-3-2-8-30-17/h2-5,8,12,16H,6-7,9-11,13-14H2,1H3,(H,22,26). The highest BCUT2D eigenvalue weighted by Gasteiger charge is 2.35. The van der Waals surface area contributed by atoms with Gasteiger partial charge in [0.15, 0.2) is 0 Å². The predicted octanol–water partition coefficient (Wildman–Crippen LogP) is 1.60. The molecule has 0 saturated carbocycles. The van der Waals surface area contributed by atoms with Gasteiger partial charge >= 0.3 is 0 Å². The molecule has 1 unspecified atom stereocenters. The fourth-order valence-corrected chi connectivity index (χ4v) is 5.19. The molecule has 1 aromatic heterocycles. The number of hydrogen-bond acceptors (Lipinski definition) is 6. The Hall–Kier alpha value is -2.69. The number of carbonyl (C=O) groups excluding carboxylic acids is 2. The van der Waals surface area contributed by atoms with E-state index in [9.17, 15) is 18.0 Å². The first-order valence-electron chi connectivity index (χ1n) is 10.1. The number of benzene rings is 1. The van der Waals surface area contributed by atoms with Gasteiger partial charge in [-0.1, -0.05) is 6.07 Å². The Morgan fingerprint density at radius 2 is 2.00 bits per heavy atom. The maximum atomic E-state index is 12.9. The molecule has 10 heteroatoms. The minimum absolute atomic E-state index is 0.108. The second-order valence-corrected chi connectivity index (χ2v) is 9.68. The molecule has 4 rings (SSSR count). The highest BCUT2D eigenvalue weighted by Crippen LogP contribution is 2.26. The summed E-state index contributed by atoms with van der Waals surface area (Å²) in [7, 11) is -3.67. The fourth-order valence-electron chi connectivity index (χ4n) is 3.76. The van der Waals surface area contributed by atoms with Gasteiger partial charge in [-0.25, -0.2) is 8.42 Å². The van der Waals surface area contributed by atoms with Crippen molar-refractivity contribution in [3.63, 3.8) is 0 Å². The van der Waals surface area contributed by atoms with Crippen molar-refractivity contribution in [1.82, 2.24) is 9.21 Å². The van der Waals surface area contributed by atoms with E-state index in [1.807, 2.05) is 0 Å². The zero-order chi connectivity index (χ0) is 22.0. The van der Waals surface area contributed by atoms with Crippen molar-refractivity contribution in [2.75, 3.05) is 38.2 Å². The third-order valence-electron chi connectivity index (χ3n) is 5.59. The number of aryl methyl sites for hydroxylation is 1. The zero-order valence-electron chi connectivity index (χ0n) is 17.2. The molecule has 0 aliphatic carbocycles. The van der Waals surface area contributed by atoms with Crippen LogP contribution < -0.4 is 5.32 Å². The number of hydrogen-bond donors (Lipinski definition) is 1. The Bertz CT molecular complexity index is 1060. The van der Waals surface area contributed by atoms with Crippen LogP contribution in [0.1, 0.15) is 17.7 Å². The average Bonchev–Trinajstić information content (AvgIpc) is 3.40. The van der Waals surface area contributed by atoms with E-state index in [2.05, 4.69) is 5.32 Å². The lowest BCUT2D eigenvalue weighted by Gasteiger charge is -2.26. The number of sulfonamides is 1. The molecule has 2 aliphatic rings. The first kappa shape index (κ1) is 21.5. The number of carbonyl (C=O) groups is 2. The van der Waals surface area contributed by atoms with Gasteiger partial charge in [-0.2, -0.15) is 4.31 Å². The maximum absolute atomic E-state index is 12.9. The van der Waals surface area contributed by atoms with Crippen molar-refractivity contribution >= 4 is 27.5 Å². The van der Waals surface area contributed by atoms with Crippen molar-refractivity contribution in [3.05, 3.63) is 47.9 Å². The predicted molar refractivity (Wildman–Crippen MR) is 112 cm³/mol. The quantitative estimate of drug-likeness (QED) is 0.720. The van der Waals surface area contributed by atoms with E-state index in [1.54, 1.807) is 42.4 Å². The van der Waals surface area contributed by atoms with E-state index in [4.69, 9.17) is 9.15 Å². The summed E-state index contributed by atoms with van der Waals surface area (Å²) in [5.74, 6) is -0.274. The number of furan rings is 1. The zero-order valence-corrected chi connectivity index (χ0v) is 18.1. The summed E-state index contributed by atoms with van der Waals surface area (Å²) in [5.41, 5.74) is 1.17. The molecular formula is C21H25N3O6S. The van der Waals surface area contributed by atoms with Crippen LogP contribution in [0.3, 0.4) is 0 Å². The van der Waals surface area contributed by atoms with E-state index >= 15 is 0 Å². The molecule has 1 aromatic carbocycles. The number of anilines is 1. The number of nitrogens with zero attached hydrogens (tertiary/aromatic N) is 2. The molecule has 1 atom stereocenters. The highest BCUT2D eigenvalue weighted by molar-refractivity contribution is 7.89. The van der Waals surface area contributed by atoms with Crippen LogP contribution in [-0.2, 0) is 30.9 Å². The van der Waals surface area contributed by atoms with E-state index < -0.39 is 15.9 Å². The van der Waals surface area contributed by atoms with Crippen LogP contribution in [0, 0.1) is 12.8 Å². The summed E-state index contributed by atoms with van der Waals surface area (Å²) in [6.07, 6.45) is 1.65. The fraction of sp³-hybridized carbons (Fsp3) is 0.429. The number of amides is 2. The van der Waals surface area contributed by atoms with Gasteiger partial charge in [0.1, 0.15) is 5.76 Å². The van der Waals surface area contributed by atoms with Crippen LogP contribution in [0.25, 0.3) is 0 Å². The lowest BCUT2D eigenvalue weighted by atomic mass is 10.1. The molecule has 2 saturated heterocycles. The van der Waals surface area contributed by atoms with Crippen LogP contribution >= 0.6 is 0 Å². The molecule has 9 nitrogen and oxygen atoms in total. The minimum atomic E-state index is -3.67. The second-order valence-electron chi connectivity index (χ2n) is 7.74. The Kier molecular flexibility index (Phi) is 6.12. The average molecular weight is 448 g/mol. The first-order chi connectivity index (χ1) is 14.8. The van der Waals surface area contributed by atoms with Gasteiger partial charge in [-0.15, -0.1) is 0 Å². The van der Waals surface area contributed by atoms with Crippen molar-refractivity contribution in [3.8, 4) is 0 Å². The molecule has 0 radical (unpaired) electrons. The molecule has 0 spiro atoms. The summed E-state index contributed by atoms with van der Waals surface area (Å²) in [6, 6.07) is 8.23. The van der Waals surface area contributed by atoms with Gasteiger partial charge in [-0.3, -0.25) is 9.59 Å². The molecular weight excluding hydrogens is 422 g/mol. The summed E-state index contributed by atoms with van der Waals surface area (Å²) < 4.78 is 37.8. The van der Waals surface area contributed by atoms with Gasteiger partial charge < -0.3 is 19.4 Å². The van der Waals surface area contributed by atoms with Crippen LogP contribution in [0.2, 0.25) is 0 Å². The monoisotopic (exact) mass is 447 g/mol. The largest absolute Gasteiger partial charge is 0.467 e.